The third kappa shape index (κ3) is 3.02. The Morgan fingerprint density at radius 1 is 1.38 bits per heavy atom. The van der Waals surface area contributed by atoms with Gasteiger partial charge in [0.25, 0.3) is 0 Å². The third-order valence-corrected chi connectivity index (χ3v) is 4.14. The Kier molecular flexibility index (Phi) is 4.30. The number of piperidine rings is 1. The molecular weight excluding hydrogens is 214 g/mol. The van der Waals surface area contributed by atoms with Gasteiger partial charge in [-0.2, -0.15) is 0 Å². The van der Waals surface area contributed by atoms with Gasteiger partial charge in [0.2, 0.25) is 0 Å². The summed E-state index contributed by atoms with van der Waals surface area (Å²) in [5.41, 5.74) is 2.88. The predicted octanol–water partition coefficient (Wildman–Crippen LogP) is 3.40. The summed E-state index contributed by atoms with van der Waals surface area (Å²) in [5.74, 6) is 0. The Hall–Kier alpha value is -0.470. The fourth-order valence-corrected chi connectivity index (χ4v) is 3.10. The molecule has 0 aromatic heterocycles. The molecule has 1 nitrogen and oxygen atoms in total. The number of benzene rings is 1. The summed E-state index contributed by atoms with van der Waals surface area (Å²) in [7, 11) is 0. The molecule has 1 aromatic carbocycles. The molecule has 2 rings (SSSR count). The monoisotopic (exact) mass is 235 g/mol. The predicted molar refractivity (Wildman–Crippen MR) is 72.3 cm³/mol. The summed E-state index contributed by atoms with van der Waals surface area (Å²) in [6.07, 6.45) is 7.43. The van der Waals surface area contributed by atoms with E-state index in [0.29, 0.717) is 6.04 Å². The number of nitrogens with one attached hydrogen (secondary N) is 1. The minimum absolute atomic E-state index is 0.697. The molecule has 1 aliphatic rings. The summed E-state index contributed by atoms with van der Waals surface area (Å²) in [5, 5.41) is 3.62. The lowest BCUT2D eigenvalue weighted by Gasteiger charge is -2.24. The fourth-order valence-electron chi connectivity index (χ4n) is 2.38. The van der Waals surface area contributed by atoms with Crippen LogP contribution in [0.5, 0.6) is 0 Å². The summed E-state index contributed by atoms with van der Waals surface area (Å²) in [4.78, 5) is 1.45. The van der Waals surface area contributed by atoms with Crippen LogP contribution in [0.1, 0.15) is 30.4 Å². The van der Waals surface area contributed by atoms with E-state index in [1.54, 1.807) is 0 Å². The highest BCUT2D eigenvalue weighted by Gasteiger charge is 2.14. The smallest absolute Gasteiger partial charge is 0.0108 e. The maximum atomic E-state index is 3.62. The lowest BCUT2D eigenvalue weighted by molar-refractivity contribution is 0.398. The molecular formula is C14H21NS. The van der Waals surface area contributed by atoms with Gasteiger partial charge in [0.1, 0.15) is 0 Å². The Bertz CT molecular complexity index is 343. The largest absolute Gasteiger partial charge is 0.314 e. The molecule has 1 fully saturated rings. The molecule has 2 heteroatoms. The van der Waals surface area contributed by atoms with Crippen molar-refractivity contribution in [3.63, 3.8) is 0 Å². The van der Waals surface area contributed by atoms with Gasteiger partial charge in [-0.15, -0.1) is 11.8 Å². The van der Waals surface area contributed by atoms with Crippen molar-refractivity contribution in [3.8, 4) is 0 Å². The van der Waals surface area contributed by atoms with Gasteiger partial charge in [-0.3, -0.25) is 0 Å². The zero-order valence-corrected chi connectivity index (χ0v) is 11.1. The molecule has 1 aromatic rings. The Labute approximate surface area is 103 Å². The molecule has 0 bridgehead atoms. The van der Waals surface area contributed by atoms with Crippen LogP contribution in [0, 0.1) is 6.92 Å². The molecule has 1 heterocycles. The van der Waals surface area contributed by atoms with E-state index >= 15 is 0 Å². The Morgan fingerprint density at radius 3 is 2.94 bits per heavy atom. The van der Waals surface area contributed by atoms with Crippen LogP contribution in [0.4, 0.5) is 0 Å². The number of thioether (sulfide) groups is 1. The van der Waals surface area contributed by atoms with E-state index in [-0.39, 0.29) is 0 Å². The van der Waals surface area contributed by atoms with Crippen molar-refractivity contribution in [2.45, 2.75) is 43.5 Å². The average molecular weight is 235 g/mol. The Balaban J connectivity index is 2.07. The maximum absolute atomic E-state index is 3.62. The lowest BCUT2D eigenvalue weighted by atomic mass is 9.97. The highest BCUT2D eigenvalue weighted by atomic mass is 32.2. The van der Waals surface area contributed by atoms with Gasteiger partial charge in [-0.05, 0) is 50.6 Å². The summed E-state index contributed by atoms with van der Waals surface area (Å²) in [6, 6.07) is 7.54. The lowest BCUT2D eigenvalue weighted by Crippen LogP contribution is -2.35. The number of aryl methyl sites for hydroxylation is 1. The highest BCUT2D eigenvalue weighted by Crippen LogP contribution is 2.24. The molecule has 1 saturated heterocycles. The summed E-state index contributed by atoms with van der Waals surface area (Å²) >= 11 is 1.87. The number of hydrogen-bond donors (Lipinski definition) is 1. The van der Waals surface area contributed by atoms with Gasteiger partial charge >= 0.3 is 0 Å². The first-order valence-corrected chi connectivity index (χ1v) is 7.39. The maximum Gasteiger partial charge on any atom is 0.0108 e. The van der Waals surface area contributed by atoms with E-state index in [1.165, 1.54) is 48.3 Å². The molecule has 0 spiro atoms. The normalized spacial score (nSPS) is 21.0. The van der Waals surface area contributed by atoms with Crippen molar-refractivity contribution in [2.75, 3.05) is 12.8 Å². The van der Waals surface area contributed by atoms with E-state index in [4.69, 9.17) is 0 Å². The van der Waals surface area contributed by atoms with Crippen LogP contribution < -0.4 is 5.32 Å². The van der Waals surface area contributed by atoms with Crippen LogP contribution in [0.3, 0.4) is 0 Å². The highest BCUT2D eigenvalue weighted by molar-refractivity contribution is 7.98. The van der Waals surface area contributed by atoms with E-state index in [2.05, 4.69) is 36.7 Å². The van der Waals surface area contributed by atoms with Crippen molar-refractivity contribution in [3.05, 3.63) is 29.3 Å². The third-order valence-electron chi connectivity index (χ3n) is 3.32. The Morgan fingerprint density at radius 2 is 2.25 bits per heavy atom. The van der Waals surface area contributed by atoms with Gasteiger partial charge in [0, 0.05) is 10.9 Å². The van der Waals surface area contributed by atoms with E-state index in [9.17, 15) is 0 Å². The first-order valence-electron chi connectivity index (χ1n) is 6.16. The van der Waals surface area contributed by atoms with Crippen molar-refractivity contribution in [2.24, 2.45) is 0 Å². The zero-order valence-electron chi connectivity index (χ0n) is 10.3. The van der Waals surface area contributed by atoms with E-state index in [1.807, 2.05) is 11.8 Å². The van der Waals surface area contributed by atoms with Crippen molar-refractivity contribution in [1.82, 2.24) is 5.32 Å². The summed E-state index contributed by atoms with van der Waals surface area (Å²) < 4.78 is 0. The van der Waals surface area contributed by atoms with Crippen LogP contribution in [-0.2, 0) is 6.42 Å². The topological polar surface area (TPSA) is 12.0 Å². The molecule has 1 N–H and O–H groups in total. The first-order chi connectivity index (χ1) is 7.79. The van der Waals surface area contributed by atoms with Gasteiger partial charge in [-0.25, -0.2) is 0 Å². The van der Waals surface area contributed by atoms with Crippen molar-refractivity contribution >= 4 is 11.8 Å². The number of rotatable bonds is 3. The fraction of sp³-hybridized carbons (Fsp3) is 0.571. The summed E-state index contributed by atoms with van der Waals surface area (Å²) in [6.45, 7) is 3.37. The van der Waals surface area contributed by atoms with E-state index in [0.717, 1.165) is 0 Å². The standard InChI is InChI=1S/C14H21NS/c1-11-6-7-12(14(9-11)16-2)10-13-5-3-4-8-15-13/h6-7,9,13,15H,3-5,8,10H2,1-2H3. The van der Waals surface area contributed by atoms with Crippen LogP contribution in [0.25, 0.3) is 0 Å². The molecule has 1 unspecified atom stereocenters. The van der Waals surface area contributed by atoms with Crippen LogP contribution in [0.2, 0.25) is 0 Å². The SMILES string of the molecule is CSc1cc(C)ccc1CC1CCCCN1. The van der Waals surface area contributed by atoms with Gasteiger partial charge in [0.15, 0.2) is 0 Å². The van der Waals surface area contributed by atoms with Crippen LogP contribution >= 0.6 is 11.8 Å². The zero-order chi connectivity index (χ0) is 11.4. The van der Waals surface area contributed by atoms with Crippen LogP contribution in [-0.4, -0.2) is 18.8 Å². The second kappa shape index (κ2) is 5.74. The molecule has 88 valence electrons. The van der Waals surface area contributed by atoms with Crippen molar-refractivity contribution < 1.29 is 0 Å². The number of hydrogen-bond acceptors (Lipinski definition) is 2. The minimum atomic E-state index is 0.697. The molecule has 0 amide bonds. The second-order valence-corrected chi connectivity index (χ2v) is 5.51. The first kappa shape index (κ1) is 12.0. The minimum Gasteiger partial charge on any atom is -0.314 e. The van der Waals surface area contributed by atoms with Crippen LogP contribution in [0.15, 0.2) is 23.1 Å². The molecule has 16 heavy (non-hydrogen) atoms. The molecule has 0 saturated carbocycles. The van der Waals surface area contributed by atoms with Gasteiger partial charge in [0.05, 0.1) is 0 Å². The van der Waals surface area contributed by atoms with Gasteiger partial charge < -0.3 is 5.32 Å². The molecule has 1 atom stereocenters. The molecule has 0 radical (unpaired) electrons. The second-order valence-electron chi connectivity index (χ2n) is 4.67. The molecule has 0 aliphatic carbocycles. The van der Waals surface area contributed by atoms with E-state index < -0.39 is 0 Å². The van der Waals surface area contributed by atoms with Crippen molar-refractivity contribution in [1.29, 1.82) is 0 Å². The quantitative estimate of drug-likeness (QED) is 0.806. The average Bonchev–Trinajstić information content (AvgIpc) is 2.33. The van der Waals surface area contributed by atoms with Gasteiger partial charge in [-0.1, -0.05) is 24.1 Å². The molecule has 1 aliphatic heterocycles.